The van der Waals surface area contributed by atoms with Crippen LogP contribution in [-0.4, -0.2) is 40.1 Å². The van der Waals surface area contributed by atoms with Crippen molar-refractivity contribution in [1.29, 1.82) is 0 Å². The van der Waals surface area contributed by atoms with E-state index in [4.69, 9.17) is 10.5 Å². The second-order valence-electron chi connectivity index (χ2n) is 12.4. The third kappa shape index (κ3) is 4.50. The number of ether oxygens (including phenoxy) is 1. The summed E-state index contributed by atoms with van der Waals surface area (Å²) in [6, 6.07) is 20.2. The first-order valence-electron chi connectivity index (χ1n) is 14.7. The predicted molar refractivity (Wildman–Crippen MR) is 160 cm³/mol. The summed E-state index contributed by atoms with van der Waals surface area (Å²) in [5.74, 6) is 0.908. The van der Waals surface area contributed by atoms with Crippen molar-refractivity contribution in [3.05, 3.63) is 106 Å². The maximum absolute atomic E-state index is 13.8. The van der Waals surface area contributed by atoms with Gasteiger partial charge in [-0.2, -0.15) is 0 Å². The van der Waals surface area contributed by atoms with Crippen LogP contribution in [0.2, 0.25) is 0 Å². The van der Waals surface area contributed by atoms with Crippen molar-refractivity contribution in [2.24, 2.45) is 23.5 Å². The molecule has 4 bridgehead atoms. The number of methoxy groups -OCH3 is 1. The third-order valence-corrected chi connectivity index (χ3v) is 9.64. The van der Waals surface area contributed by atoms with Crippen LogP contribution in [0.1, 0.15) is 64.1 Å². The number of fused-ring (bicyclic) bond motifs is 1. The van der Waals surface area contributed by atoms with E-state index >= 15 is 0 Å². The molecule has 4 aliphatic carbocycles. The molecule has 1 amide bonds. The van der Waals surface area contributed by atoms with Crippen LogP contribution in [0.15, 0.2) is 77.7 Å². The topological polar surface area (TPSA) is 116 Å². The number of hydrogen-bond donors (Lipinski definition) is 2. The highest BCUT2D eigenvalue weighted by Crippen LogP contribution is 2.54. The Hall–Kier alpha value is -4.30. The number of hydrogen-bond acceptors (Lipinski definition) is 6. The highest BCUT2D eigenvalue weighted by molar-refractivity contribution is 5.95. The van der Waals surface area contributed by atoms with Gasteiger partial charge in [0.1, 0.15) is 11.3 Å². The van der Waals surface area contributed by atoms with Crippen LogP contribution >= 0.6 is 0 Å². The van der Waals surface area contributed by atoms with Gasteiger partial charge < -0.3 is 15.8 Å². The molecule has 2 aromatic carbocycles. The zero-order chi connectivity index (χ0) is 29.0. The molecule has 2 heterocycles. The summed E-state index contributed by atoms with van der Waals surface area (Å²) in [4.78, 5) is 44.7. The van der Waals surface area contributed by atoms with Gasteiger partial charge in [-0.25, -0.2) is 9.78 Å². The van der Waals surface area contributed by atoms with E-state index in [0.29, 0.717) is 45.6 Å². The van der Waals surface area contributed by atoms with Gasteiger partial charge in [0.15, 0.2) is 5.43 Å². The van der Waals surface area contributed by atoms with E-state index in [0.717, 1.165) is 37.7 Å². The summed E-state index contributed by atoms with van der Waals surface area (Å²) in [6.45, 7) is 0. The summed E-state index contributed by atoms with van der Waals surface area (Å²) in [5, 5.41) is 3.75. The van der Waals surface area contributed by atoms with Gasteiger partial charge in [0.05, 0.1) is 12.5 Å². The van der Waals surface area contributed by atoms with Crippen molar-refractivity contribution in [2.45, 2.75) is 50.1 Å². The van der Waals surface area contributed by atoms with E-state index < -0.39 is 5.97 Å². The lowest BCUT2D eigenvalue weighted by molar-refractivity contribution is -0.0278. The molecule has 4 fully saturated rings. The van der Waals surface area contributed by atoms with Crippen LogP contribution in [-0.2, 0) is 11.2 Å². The van der Waals surface area contributed by atoms with E-state index in [2.05, 4.69) is 10.3 Å². The molecule has 42 heavy (non-hydrogen) atoms. The number of nitrogens with one attached hydrogen (secondary N) is 1. The minimum absolute atomic E-state index is 0.0413. The molecule has 0 saturated heterocycles. The van der Waals surface area contributed by atoms with Crippen molar-refractivity contribution < 1.29 is 14.3 Å². The molecular weight excluding hydrogens is 528 g/mol. The van der Waals surface area contributed by atoms with Gasteiger partial charge in [0.2, 0.25) is 0 Å². The number of carbonyl (C=O) groups excluding carboxylic acids is 2. The number of rotatable bonds is 6. The maximum Gasteiger partial charge on any atom is 0.355 e. The SMILES string of the molecule is COC(=O)c1c(Cc2ccc(C(=O)N[C@@H]3[C@@H]4C[C@@H]5C[C@H]3C[C@@](N)(C5)C4)cc2)c(=O)c2cccnc2n1-c1ccccc1. The van der Waals surface area contributed by atoms with Gasteiger partial charge in [-0.1, -0.05) is 30.3 Å². The number of aromatic nitrogens is 2. The Bertz CT molecular complexity index is 1730. The van der Waals surface area contributed by atoms with E-state index in [1.807, 2.05) is 42.5 Å². The molecule has 4 aromatic rings. The Balaban J connectivity index is 1.20. The lowest BCUT2D eigenvalue weighted by Crippen LogP contribution is -2.64. The van der Waals surface area contributed by atoms with Gasteiger partial charge in [0, 0.05) is 41.0 Å². The van der Waals surface area contributed by atoms with Crippen LogP contribution in [0, 0.1) is 17.8 Å². The Morgan fingerprint density at radius 1 is 1.00 bits per heavy atom. The molecule has 2 aromatic heterocycles. The van der Waals surface area contributed by atoms with Gasteiger partial charge in [-0.3, -0.25) is 14.2 Å². The Kier molecular flexibility index (Phi) is 6.46. The predicted octanol–water partition coefficient (Wildman–Crippen LogP) is 4.40. The second kappa shape index (κ2) is 10.2. The molecule has 0 unspecified atom stereocenters. The molecule has 0 spiro atoms. The van der Waals surface area contributed by atoms with Gasteiger partial charge in [0.25, 0.3) is 5.91 Å². The van der Waals surface area contributed by atoms with Crippen molar-refractivity contribution in [3.8, 4) is 5.69 Å². The summed E-state index contributed by atoms with van der Waals surface area (Å²) >= 11 is 0. The van der Waals surface area contributed by atoms with Crippen LogP contribution < -0.4 is 16.5 Å². The van der Waals surface area contributed by atoms with Crippen molar-refractivity contribution in [3.63, 3.8) is 0 Å². The van der Waals surface area contributed by atoms with Crippen LogP contribution in [0.4, 0.5) is 0 Å². The Morgan fingerprint density at radius 2 is 1.71 bits per heavy atom. The Morgan fingerprint density at radius 3 is 2.38 bits per heavy atom. The average Bonchev–Trinajstić information content (AvgIpc) is 2.99. The number of benzene rings is 2. The fourth-order valence-electron chi connectivity index (χ4n) is 8.10. The van der Waals surface area contributed by atoms with Gasteiger partial charge >= 0.3 is 5.97 Å². The monoisotopic (exact) mass is 562 g/mol. The number of esters is 1. The first-order valence-corrected chi connectivity index (χ1v) is 14.7. The minimum atomic E-state index is -0.621. The first-order chi connectivity index (χ1) is 20.3. The van der Waals surface area contributed by atoms with Crippen molar-refractivity contribution in [1.82, 2.24) is 14.9 Å². The standard InChI is InChI=1S/C34H34N4O4/c1-42-33(41)29-27(30(39)26-8-5-13-36-31(26)38(29)25-6-3-2-4-7-25)16-20-9-11-22(12-10-20)32(40)37-28-23-14-21-15-24(28)19-34(35,17-21)18-23/h2-13,21,23-24,28H,14-19,35H2,1H3,(H,37,40)/t21-,23-,24+,28-,34-. The number of nitrogens with zero attached hydrogens (tertiary/aromatic N) is 2. The quantitative estimate of drug-likeness (QED) is 0.337. The van der Waals surface area contributed by atoms with E-state index in [1.165, 1.54) is 7.11 Å². The number of pyridine rings is 2. The molecule has 0 aliphatic heterocycles. The number of para-hydroxylation sites is 1. The lowest BCUT2D eigenvalue weighted by atomic mass is 9.51. The van der Waals surface area contributed by atoms with Crippen LogP contribution in [0.3, 0.4) is 0 Å². The smallest absolute Gasteiger partial charge is 0.355 e. The molecule has 0 radical (unpaired) electrons. The molecule has 3 N–H and O–H groups in total. The van der Waals surface area contributed by atoms with E-state index in [1.54, 1.807) is 35.0 Å². The van der Waals surface area contributed by atoms with Gasteiger partial charge in [-0.15, -0.1) is 0 Å². The van der Waals surface area contributed by atoms with Crippen LogP contribution in [0.25, 0.3) is 16.7 Å². The normalized spacial score (nSPS) is 25.9. The molecular formula is C34H34N4O4. The van der Waals surface area contributed by atoms with E-state index in [-0.39, 0.29) is 35.0 Å². The molecule has 5 atom stereocenters. The summed E-state index contributed by atoms with van der Waals surface area (Å²) in [7, 11) is 1.30. The summed E-state index contributed by atoms with van der Waals surface area (Å²) in [6.07, 6.45) is 7.22. The highest BCUT2D eigenvalue weighted by Gasteiger charge is 2.54. The largest absolute Gasteiger partial charge is 0.464 e. The number of amides is 1. The average molecular weight is 563 g/mol. The maximum atomic E-state index is 13.8. The fourth-order valence-corrected chi connectivity index (χ4v) is 8.10. The van der Waals surface area contributed by atoms with Crippen LogP contribution in [0.5, 0.6) is 0 Å². The zero-order valence-corrected chi connectivity index (χ0v) is 23.6. The lowest BCUT2D eigenvalue weighted by Gasteiger charge is -2.58. The zero-order valence-electron chi connectivity index (χ0n) is 23.6. The first kappa shape index (κ1) is 26.6. The number of nitrogens with two attached hydrogens (primary N) is 1. The minimum Gasteiger partial charge on any atom is -0.464 e. The molecule has 8 nitrogen and oxygen atoms in total. The fraction of sp³-hybridized carbons (Fsp3) is 0.353. The number of carbonyl (C=O) groups is 2. The molecule has 4 aliphatic rings. The van der Waals surface area contributed by atoms with E-state index in [9.17, 15) is 14.4 Å². The molecule has 8 heteroatoms. The highest BCUT2D eigenvalue weighted by atomic mass is 16.5. The molecule has 214 valence electrons. The summed E-state index contributed by atoms with van der Waals surface area (Å²) in [5.41, 5.74) is 9.26. The van der Waals surface area contributed by atoms with Gasteiger partial charge in [-0.05, 0) is 91.8 Å². The van der Waals surface area contributed by atoms with Crippen molar-refractivity contribution in [2.75, 3.05) is 7.11 Å². The second-order valence-corrected chi connectivity index (χ2v) is 12.4. The summed E-state index contributed by atoms with van der Waals surface area (Å²) < 4.78 is 6.85. The van der Waals surface area contributed by atoms with Crippen molar-refractivity contribution >= 4 is 22.9 Å². The molecule has 8 rings (SSSR count). The molecule has 4 saturated carbocycles. The Labute approximate surface area is 243 Å². The third-order valence-electron chi connectivity index (χ3n) is 9.64.